The molecule has 3 rings (SSSR count). The van der Waals surface area contributed by atoms with Crippen molar-refractivity contribution in [2.75, 3.05) is 16.6 Å². The van der Waals surface area contributed by atoms with Gasteiger partial charge in [-0.2, -0.15) is 0 Å². The van der Waals surface area contributed by atoms with E-state index in [2.05, 4.69) is 10.0 Å². The van der Waals surface area contributed by atoms with Crippen molar-refractivity contribution in [1.29, 1.82) is 0 Å². The van der Waals surface area contributed by atoms with Crippen LogP contribution in [0.25, 0.3) is 0 Å². The topological polar surface area (TPSA) is 84.5 Å². The molecule has 3 aromatic rings. The Kier molecular flexibility index (Phi) is 6.64. The van der Waals surface area contributed by atoms with Crippen molar-refractivity contribution in [3.05, 3.63) is 82.9 Å². The van der Waals surface area contributed by atoms with Crippen LogP contribution in [0.2, 0.25) is 5.02 Å². The van der Waals surface area contributed by atoms with E-state index in [1.54, 1.807) is 49.4 Å². The van der Waals surface area contributed by atoms with Crippen LogP contribution >= 0.6 is 11.6 Å². The molecule has 3 aromatic carbocycles. The van der Waals surface area contributed by atoms with E-state index in [1.807, 2.05) is 13.0 Å². The maximum absolute atomic E-state index is 12.9. The molecule has 8 heteroatoms. The molecule has 0 unspecified atom stereocenters. The summed E-state index contributed by atoms with van der Waals surface area (Å²) in [5.74, 6) is 0.157. The predicted octanol–water partition coefficient (Wildman–Crippen LogP) is 5.10. The smallest absolute Gasteiger partial charge is 0.263 e. The third-order valence-electron chi connectivity index (χ3n) is 4.28. The van der Waals surface area contributed by atoms with Crippen molar-refractivity contribution in [2.45, 2.75) is 18.7 Å². The van der Waals surface area contributed by atoms with Crippen molar-refractivity contribution in [3.8, 4) is 5.75 Å². The van der Waals surface area contributed by atoms with Crippen molar-refractivity contribution in [2.24, 2.45) is 0 Å². The fraction of sp³-hybridized carbons (Fsp3) is 0.136. The second-order valence-corrected chi connectivity index (χ2v) is 8.54. The minimum absolute atomic E-state index is 0.0194. The summed E-state index contributed by atoms with van der Waals surface area (Å²) in [6, 6.07) is 18.0. The summed E-state index contributed by atoms with van der Waals surface area (Å²) < 4.78 is 33.7. The van der Waals surface area contributed by atoms with Gasteiger partial charge in [0.05, 0.1) is 17.3 Å². The Morgan fingerprint density at radius 2 is 1.80 bits per heavy atom. The Balaban J connectivity index is 1.86. The molecular formula is C22H21ClN2O4S. The van der Waals surface area contributed by atoms with Crippen LogP contribution < -0.4 is 14.8 Å². The van der Waals surface area contributed by atoms with Crippen LogP contribution in [0.1, 0.15) is 22.8 Å². The number of benzene rings is 3. The minimum Gasteiger partial charge on any atom is -0.494 e. The lowest BCUT2D eigenvalue weighted by atomic mass is 10.2. The number of rotatable bonds is 7. The summed E-state index contributed by atoms with van der Waals surface area (Å²) in [7, 11) is -3.99. The fourth-order valence-electron chi connectivity index (χ4n) is 2.77. The molecule has 0 fully saturated rings. The predicted molar refractivity (Wildman–Crippen MR) is 119 cm³/mol. The van der Waals surface area contributed by atoms with E-state index in [1.165, 1.54) is 18.2 Å². The van der Waals surface area contributed by atoms with E-state index in [4.69, 9.17) is 16.3 Å². The van der Waals surface area contributed by atoms with Crippen LogP contribution in [0, 0.1) is 6.92 Å². The largest absolute Gasteiger partial charge is 0.494 e. The first kappa shape index (κ1) is 21.7. The maximum Gasteiger partial charge on any atom is 0.263 e. The Morgan fingerprint density at radius 1 is 1.03 bits per heavy atom. The fourth-order valence-corrected chi connectivity index (χ4v) is 4.43. The van der Waals surface area contributed by atoms with Crippen LogP contribution in [0.4, 0.5) is 11.4 Å². The van der Waals surface area contributed by atoms with Gasteiger partial charge in [-0.1, -0.05) is 35.9 Å². The standard InChI is InChI=1S/C22H21ClN2O4S/c1-3-29-18-9-6-8-17(14-18)24-22(26)16-11-12-19(23)21(13-16)30(27,28)25-20-10-5-4-7-15(20)2/h4-14,25H,3H2,1-2H3,(H,24,26). The number of nitrogens with one attached hydrogen (secondary N) is 2. The quantitative estimate of drug-likeness (QED) is 0.531. The van der Waals surface area contributed by atoms with Gasteiger partial charge in [-0.15, -0.1) is 0 Å². The number of sulfonamides is 1. The molecule has 6 nitrogen and oxygen atoms in total. The van der Waals surface area contributed by atoms with E-state index in [0.29, 0.717) is 23.7 Å². The zero-order valence-corrected chi connectivity index (χ0v) is 18.0. The minimum atomic E-state index is -3.99. The van der Waals surface area contributed by atoms with Crippen molar-refractivity contribution >= 4 is 38.9 Å². The summed E-state index contributed by atoms with van der Waals surface area (Å²) in [5.41, 5.74) is 1.89. The molecule has 0 aliphatic heterocycles. The average Bonchev–Trinajstić information content (AvgIpc) is 2.70. The van der Waals surface area contributed by atoms with Gasteiger partial charge >= 0.3 is 0 Å². The van der Waals surface area contributed by atoms with Crippen molar-refractivity contribution in [1.82, 2.24) is 0 Å². The van der Waals surface area contributed by atoms with E-state index >= 15 is 0 Å². The van der Waals surface area contributed by atoms with Gasteiger partial charge in [0, 0.05) is 17.3 Å². The summed E-state index contributed by atoms with van der Waals surface area (Å²) in [5, 5.41) is 2.76. The number of hydrogen-bond donors (Lipinski definition) is 2. The Morgan fingerprint density at radius 3 is 2.53 bits per heavy atom. The van der Waals surface area contributed by atoms with E-state index in [0.717, 1.165) is 5.56 Å². The molecule has 0 aliphatic rings. The van der Waals surface area contributed by atoms with Crippen molar-refractivity contribution in [3.63, 3.8) is 0 Å². The molecule has 0 saturated carbocycles. The molecule has 0 spiro atoms. The van der Waals surface area contributed by atoms with Crippen LogP contribution in [0.3, 0.4) is 0 Å². The first-order chi connectivity index (χ1) is 14.3. The molecular weight excluding hydrogens is 424 g/mol. The van der Waals surface area contributed by atoms with Gasteiger partial charge in [-0.25, -0.2) is 8.42 Å². The lowest BCUT2D eigenvalue weighted by Gasteiger charge is -2.13. The van der Waals surface area contributed by atoms with Crippen LogP contribution in [0.15, 0.2) is 71.6 Å². The summed E-state index contributed by atoms with van der Waals surface area (Å²) in [6.45, 7) is 4.16. The monoisotopic (exact) mass is 444 g/mol. The van der Waals surface area contributed by atoms with Gasteiger partial charge in [0.1, 0.15) is 10.6 Å². The average molecular weight is 445 g/mol. The van der Waals surface area contributed by atoms with E-state index in [9.17, 15) is 13.2 Å². The number of ether oxygens (including phenoxy) is 1. The molecule has 0 aliphatic carbocycles. The Labute approximate surface area is 180 Å². The summed E-state index contributed by atoms with van der Waals surface area (Å²) in [4.78, 5) is 12.5. The number of aryl methyl sites for hydroxylation is 1. The summed E-state index contributed by atoms with van der Waals surface area (Å²) >= 11 is 6.14. The zero-order valence-electron chi connectivity index (χ0n) is 16.5. The first-order valence-corrected chi connectivity index (χ1v) is 11.1. The third-order valence-corrected chi connectivity index (χ3v) is 6.12. The highest BCUT2D eigenvalue weighted by molar-refractivity contribution is 7.92. The second kappa shape index (κ2) is 9.19. The highest BCUT2D eigenvalue weighted by Gasteiger charge is 2.21. The van der Waals surface area contributed by atoms with E-state index in [-0.39, 0.29) is 15.5 Å². The van der Waals surface area contributed by atoms with Gasteiger partial charge in [-0.05, 0) is 55.8 Å². The number of para-hydroxylation sites is 1. The Bertz CT molecular complexity index is 1180. The van der Waals surface area contributed by atoms with Gasteiger partial charge in [-0.3, -0.25) is 9.52 Å². The highest BCUT2D eigenvalue weighted by Crippen LogP contribution is 2.27. The molecule has 0 radical (unpaired) electrons. The van der Waals surface area contributed by atoms with Gasteiger partial charge in [0.15, 0.2) is 0 Å². The lowest BCUT2D eigenvalue weighted by molar-refractivity contribution is 0.102. The molecule has 0 bridgehead atoms. The molecule has 0 saturated heterocycles. The number of carbonyl (C=O) groups is 1. The number of hydrogen-bond acceptors (Lipinski definition) is 4. The van der Waals surface area contributed by atoms with Crippen LogP contribution in [-0.2, 0) is 10.0 Å². The van der Waals surface area contributed by atoms with Crippen LogP contribution in [-0.4, -0.2) is 20.9 Å². The molecule has 2 N–H and O–H groups in total. The third kappa shape index (κ3) is 5.11. The molecule has 0 aromatic heterocycles. The van der Waals surface area contributed by atoms with E-state index < -0.39 is 15.9 Å². The number of amides is 1. The number of carbonyl (C=O) groups excluding carboxylic acids is 1. The second-order valence-electron chi connectivity index (χ2n) is 6.48. The van der Waals surface area contributed by atoms with Crippen LogP contribution in [0.5, 0.6) is 5.75 Å². The maximum atomic E-state index is 12.9. The van der Waals surface area contributed by atoms with Crippen molar-refractivity contribution < 1.29 is 17.9 Å². The van der Waals surface area contributed by atoms with Gasteiger partial charge in [0.25, 0.3) is 15.9 Å². The molecule has 0 heterocycles. The van der Waals surface area contributed by atoms with Gasteiger partial charge < -0.3 is 10.1 Å². The highest BCUT2D eigenvalue weighted by atomic mass is 35.5. The normalized spacial score (nSPS) is 11.0. The Hall–Kier alpha value is -3.03. The zero-order chi connectivity index (χ0) is 21.7. The molecule has 30 heavy (non-hydrogen) atoms. The summed E-state index contributed by atoms with van der Waals surface area (Å²) in [6.07, 6.45) is 0. The molecule has 1 amide bonds. The number of halogens is 1. The first-order valence-electron chi connectivity index (χ1n) is 9.22. The lowest BCUT2D eigenvalue weighted by Crippen LogP contribution is -2.17. The molecule has 156 valence electrons. The SMILES string of the molecule is CCOc1cccc(NC(=O)c2ccc(Cl)c(S(=O)(=O)Nc3ccccc3C)c2)c1. The van der Waals surface area contributed by atoms with Gasteiger partial charge in [0.2, 0.25) is 0 Å². The molecule has 0 atom stereocenters. The number of anilines is 2.